The molecule has 2 aliphatic heterocycles. The van der Waals surface area contributed by atoms with Crippen molar-refractivity contribution in [1.82, 2.24) is 14.1 Å². The third-order valence-corrected chi connectivity index (χ3v) is 5.03. The second kappa shape index (κ2) is 6.78. The van der Waals surface area contributed by atoms with Crippen molar-refractivity contribution < 1.29 is 4.79 Å². The van der Waals surface area contributed by atoms with E-state index in [-0.39, 0.29) is 0 Å². The van der Waals surface area contributed by atoms with E-state index in [2.05, 4.69) is 27.4 Å². The van der Waals surface area contributed by atoms with E-state index in [4.69, 9.17) is 0 Å². The van der Waals surface area contributed by atoms with E-state index in [1.54, 1.807) is 0 Å². The molecule has 0 saturated carbocycles. The van der Waals surface area contributed by atoms with Gasteiger partial charge in [0.25, 0.3) is 0 Å². The number of carbonyl (C=O) groups is 1. The number of piperazine rings is 1. The minimum atomic E-state index is 0.380. The lowest BCUT2D eigenvalue weighted by Crippen LogP contribution is -2.47. The van der Waals surface area contributed by atoms with E-state index in [1.165, 1.54) is 12.8 Å². The molecule has 0 aromatic rings. The van der Waals surface area contributed by atoms with Gasteiger partial charge in [-0.25, -0.2) is 0 Å². The number of hydrogen-bond acceptors (Lipinski definition) is 4. The lowest BCUT2D eigenvalue weighted by Gasteiger charge is -2.35. The fraction of sp³-hybridized carbons (Fsp3) is 0.923. The number of amides is 1. The van der Waals surface area contributed by atoms with Crippen LogP contribution in [0.15, 0.2) is 0 Å². The van der Waals surface area contributed by atoms with Crippen LogP contribution in [-0.2, 0) is 4.79 Å². The number of rotatable bonds is 3. The molecule has 0 bridgehead atoms. The van der Waals surface area contributed by atoms with Gasteiger partial charge >= 0.3 is 0 Å². The first-order chi connectivity index (χ1) is 8.69. The maximum absolute atomic E-state index is 12.2. The van der Waals surface area contributed by atoms with Gasteiger partial charge in [0.05, 0.1) is 0 Å². The smallest absolute Gasteiger partial charge is 0.222 e. The first-order valence-corrected chi connectivity index (χ1v) is 8.12. The zero-order valence-corrected chi connectivity index (χ0v) is 12.4. The highest BCUT2D eigenvalue weighted by Gasteiger charge is 2.25. The van der Waals surface area contributed by atoms with Crippen LogP contribution in [-0.4, -0.2) is 72.6 Å². The third kappa shape index (κ3) is 3.87. The van der Waals surface area contributed by atoms with Crippen LogP contribution in [0, 0.1) is 5.92 Å². The van der Waals surface area contributed by atoms with Crippen molar-refractivity contribution in [2.24, 2.45) is 5.92 Å². The van der Waals surface area contributed by atoms with E-state index < -0.39 is 0 Å². The average Bonchev–Trinajstić information content (AvgIpc) is 2.40. The Morgan fingerprint density at radius 1 is 1.11 bits per heavy atom. The molecule has 2 rings (SSSR count). The van der Waals surface area contributed by atoms with Gasteiger partial charge in [0.15, 0.2) is 0 Å². The summed E-state index contributed by atoms with van der Waals surface area (Å²) >= 11 is 1.83. The Labute approximate surface area is 115 Å². The molecule has 18 heavy (non-hydrogen) atoms. The lowest BCUT2D eigenvalue weighted by atomic mass is 9.94. The molecule has 2 heterocycles. The summed E-state index contributed by atoms with van der Waals surface area (Å²) in [6, 6.07) is 0. The normalized spacial score (nSPS) is 24.4. The molecule has 2 saturated heterocycles. The van der Waals surface area contributed by atoms with Crippen molar-refractivity contribution in [2.45, 2.75) is 19.3 Å². The van der Waals surface area contributed by atoms with Gasteiger partial charge in [-0.15, -0.1) is 0 Å². The maximum Gasteiger partial charge on any atom is 0.222 e. The van der Waals surface area contributed by atoms with Gasteiger partial charge in [0, 0.05) is 45.7 Å². The summed E-state index contributed by atoms with van der Waals surface area (Å²) in [5, 5.41) is 0. The molecule has 0 aromatic carbocycles. The highest BCUT2D eigenvalue weighted by atomic mass is 32.2. The summed E-state index contributed by atoms with van der Waals surface area (Å²) in [4.78, 5) is 16.6. The standard InChI is InChI=1S/C13H25N3OS/c1-14-7-9-15(10-8-14)13(17)11-12-3-5-16(18-2)6-4-12/h12H,3-11H2,1-2H3. The van der Waals surface area contributed by atoms with Crippen molar-refractivity contribution in [3.8, 4) is 0 Å². The highest BCUT2D eigenvalue weighted by Crippen LogP contribution is 2.24. The molecule has 104 valence electrons. The van der Waals surface area contributed by atoms with Crippen LogP contribution < -0.4 is 0 Å². The predicted octanol–water partition coefficient (Wildman–Crippen LogP) is 1.14. The van der Waals surface area contributed by atoms with Crippen LogP contribution in [0.4, 0.5) is 0 Å². The number of likely N-dealkylation sites (N-methyl/N-ethyl adjacent to an activating group) is 1. The summed E-state index contributed by atoms with van der Waals surface area (Å²) in [6.07, 6.45) is 5.27. The monoisotopic (exact) mass is 271 g/mol. The Kier molecular flexibility index (Phi) is 5.33. The van der Waals surface area contributed by atoms with E-state index >= 15 is 0 Å². The lowest BCUT2D eigenvalue weighted by molar-refractivity contribution is -0.134. The zero-order valence-electron chi connectivity index (χ0n) is 11.6. The molecule has 0 aromatic heterocycles. The van der Waals surface area contributed by atoms with Crippen LogP contribution >= 0.6 is 11.9 Å². The van der Waals surface area contributed by atoms with Crippen molar-refractivity contribution >= 4 is 17.9 Å². The van der Waals surface area contributed by atoms with E-state index in [0.29, 0.717) is 11.8 Å². The van der Waals surface area contributed by atoms with Crippen LogP contribution in [0.3, 0.4) is 0 Å². The van der Waals surface area contributed by atoms with Crippen molar-refractivity contribution in [3.05, 3.63) is 0 Å². The average molecular weight is 271 g/mol. The topological polar surface area (TPSA) is 26.8 Å². The molecular weight excluding hydrogens is 246 g/mol. The quantitative estimate of drug-likeness (QED) is 0.719. The molecule has 0 spiro atoms. The second-order valence-electron chi connectivity index (χ2n) is 5.44. The van der Waals surface area contributed by atoms with Crippen molar-refractivity contribution in [1.29, 1.82) is 0 Å². The first-order valence-electron chi connectivity index (χ1n) is 6.94. The molecule has 1 amide bonds. The Balaban J connectivity index is 1.71. The van der Waals surface area contributed by atoms with Crippen LogP contribution in [0.25, 0.3) is 0 Å². The minimum absolute atomic E-state index is 0.380. The van der Waals surface area contributed by atoms with Crippen LogP contribution in [0.2, 0.25) is 0 Å². The van der Waals surface area contributed by atoms with Gasteiger partial charge < -0.3 is 9.80 Å². The minimum Gasteiger partial charge on any atom is -0.340 e. The highest BCUT2D eigenvalue weighted by molar-refractivity contribution is 7.96. The maximum atomic E-state index is 12.2. The van der Waals surface area contributed by atoms with E-state index in [9.17, 15) is 4.79 Å². The summed E-state index contributed by atoms with van der Waals surface area (Å²) in [7, 11) is 2.12. The van der Waals surface area contributed by atoms with Gasteiger partial charge in [0.1, 0.15) is 0 Å². The molecule has 0 radical (unpaired) electrons. The number of piperidine rings is 1. The Hall–Kier alpha value is -0.260. The second-order valence-corrected chi connectivity index (χ2v) is 6.32. The largest absolute Gasteiger partial charge is 0.340 e. The van der Waals surface area contributed by atoms with Crippen molar-refractivity contribution in [3.63, 3.8) is 0 Å². The molecule has 2 fully saturated rings. The molecule has 0 atom stereocenters. The van der Waals surface area contributed by atoms with E-state index in [0.717, 1.165) is 45.7 Å². The number of hydrogen-bond donors (Lipinski definition) is 0. The van der Waals surface area contributed by atoms with Crippen molar-refractivity contribution in [2.75, 3.05) is 52.6 Å². The van der Waals surface area contributed by atoms with Crippen LogP contribution in [0.1, 0.15) is 19.3 Å². The molecular formula is C13H25N3OS. The fourth-order valence-electron chi connectivity index (χ4n) is 2.73. The SMILES string of the molecule is CSN1CCC(CC(=O)N2CCN(C)CC2)CC1. The summed E-state index contributed by atoms with van der Waals surface area (Å²) < 4.78 is 2.40. The molecule has 2 aliphatic rings. The number of carbonyl (C=O) groups excluding carboxylic acids is 1. The van der Waals surface area contributed by atoms with Gasteiger partial charge in [-0.3, -0.25) is 9.10 Å². The number of nitrogens with zero attached hydrogens (tertiary/aromatic N) is 3. The first kappa shape index (κ1) is 14.2. The summed E-state index contributed by atoms with van der Waals surface area (Å²) in [5.74, 6) is 0.992. The molecule has 0 aliphatic carbocycles. The molecule has 4 nitrogen and oxygen atoms in total. The van der Waals surface area contributed by atoms with Crippen LogP contribution in [0.5, 0.6) is 0 Å². The van der Waals surface area contributed by atoms with E-state index in [1.807, 2.05) is 11.9 Å². The Bertz CT molecular complexity index is 271. The summed E-state index contributed by atoms with van der Waals surface area (Å²) in [5.41, 5.74) is 0. The van der Waals surface area contributed by atoms with Gasteiger partial charge in [-0.1, -0.05) is 11.9 Å². The molecule has 5 heteroatoms. The molecule has 0 N–H and O–H groups in total. The zero-order chi connectivity index (χ0) is 13.0. The predicted molar refractivity (Wildman–Crippen MR) is 76.5 cm³/mol. The van der Waals surface area contributed by atoms with Gasteiger partial charge in [0.2, 0.25) is 5.91 Å². The van der Waals surface area contributed by atoms with Gasteiger partial charge in [-0.2, -0.15) is 0 Å². The Morgan fingerprint density at radius 2 is 1.72 bits per heavy atom. The summed E-state index contributed by atoms with van der Waals surface area (Å²) in [6.45, 7) is 6.16. The third-order valence-electron chi connectivity index (χ3n) is 4.15. The fourth-order valence-corrected chi connectivity index (χ4v) is 3.30. The Morgan fingerprint density at radius 3 is 2.28 bits per heavy atom. The van der Waals surface area contributed by atoms with Gasteiger partial charge in [-0.05, 0) is 32.1 Å². The molecule has 0 unspecified atom stereocenters.